The van der Waals surface area contributed by atoms with Gasteiger partial charge in [0.25, 0.3) is 0 Å². The van der Waals surface area contributed by atoms with Crippen LogP contribution in [0.25, 0.3) is 109 Å². The highest BCUT2D eigenvalue weighted by Crippen LogP contribution is 2.50. The van der Waals surface area contributed by atoms with Crippen molar-refractivity contribution < 1.29 is 4.42 Å². The molecular formula is C50H30O. The van der Waals surface area contributed by atoms with Gasteiger partial charge in [-0.25, -0.2) is 0 Å². The lowest BCUT2D eigenvalue weighted by molar-refractivity contribution is 0.669. The smallest absolute Gasteiger partial charge is 0.136 e. The Kier molecular flexibility index (Phi) is 6.02. The zero-order valence-corrected chi connectivity index (χ0v) is 27.7. The third kappa shape index (κ3) is 4.09. The van der Waals surface area contributed by atoms with Crippen LogP contribution in [-0.4, -0.2) is 0 Å². The van der Waals surface area contributed by atoms with Gasteiger partial charge in [-0.2, -0.15) is 0 Å². The van der Waals surface area contributed by atoms with Gasteiger partial charge < -0.3 is 4.42 Å². The predicted octanol–water partition coefficient (Wildman–Crippen LogP) is 14.4. The molecule has 0 N–H and O–H groups in total. The van der Waals surface area contributed by atoms with Crippen LogP contribution in [0.5, 0.6) is 0 Å². The van der Waals surface area contributed by atoms with Crippen molar-refractivity contribution in [2.24, 2.45) is 0 Å². The Morgan fingerprint density at radius 1 is 0.275 bits per heavy atom. The van der Waals surface area contributed by atoms with E-state index in [9.17, 15) is 0 Å². The van der Waals surface area contributed by atoms with Gasteiger partial charge in [0.1, 0.15) is 11.2 Å². The molecule has 0 unspecified atom stereocenters. The highest BCUT2D eigenvalue weighted by atomic mass is 16.3. The minimum Gasteiger partial charge on any atom is -0.456 e. The number of benzene rings is 10. The molecule has 0 radical (unpaired) electrons. The van der Waals surface area contributed by atoms with Crippen LogP contribution in [0.3, 0.4) is 0 Å². The molecule has 0 amide bonds. The van der Waals surface area contributed by atoms with Crippen LogP contribution >= 0.6 is 0 Å². The maximum Gasteiger partial charge on any atom is 0.136 e. The maximum absolute atomic E-state index is 6.79. The third-order valence-corrected chi connectivity index (χ3v) is 10.8. The zero-order chi connectivity index (χ0) is 33.5. The van der Waals surface area contributed by atoms with E-state index in [2.05, 4.69) is 182 Å². The molecule has 0 saturated heterocycles. The Morgan fingerprint density at radius 2 is 0.824 bits per heavy atom. The molecule has 11 aromatic rings. The van der Waals surface area contributed by atoms with Gasteiger partial charge >= 0.3 is 0 Å². The molecule has 10 aromatic carbocycles. The van der Waals surface area contributed by atoms with Gasteiger partial charge in [-0.1, -0.05) is 170 Å². The summed E-state index contributed by atoms with van der Waals surface area (Å²) in [5.41, 5.74) is 9.13. The van der Waals surface area contributed by atoms with Crippen LogP contribution in [0.1, 0.15) is 0 Å². The first kappa shape index (κ1) is 28.2. The Hall–Kier alpha value is -6.70. The van der Waals surface area contributed by atoms with Crippen LogP contribution in [0.4, 0.5) is 0 Å². The number of hydrogen-bond acceptors (Lipinski definition) is 1. The lowest BCUT2D eigenvalue weighted by Crippen LogP contribution is -1.92. The quantitative estimate of drug-likeness (QED) is 0.138. The number of hydrogen-bond donors (Lipinski definition) is 0. The van der Waals surface area contributed by atoms with Crippen LogP contribution in [-0.2, 0) is 0 Å². The standard InChI is InChI=1S/C50H30O/c1-2-15-32(16-3-1)46-35-19-7-5-17-33(35)30-45-50(46)49-43(26-13-27-44(49)51-45)48-41-22-10-8-20-39(41)47(40-21-9-11-23-42(40)48)38-25-12-24-36-34-18-6-4-14-31(34)28-29-37(36)38/h1-30H. The fraction of sp³-hybridized carbons (Fsp3) is 0. The molecule has 0 bridgehead atoms. The van der Waals surface area contributed by atoms with Crippen LogP contribution in [0, 0.1) is 0 Å². The van der Waals surface area contributed by atoms with E-state index < -0.39 is 0 Å². The largest absolute Gasteiger partial charge is 0.456 e. The second-order valence-electron chi connectivity index (χ2n) is 13.5. The van der Waals surface area contributed by atoms with Crippen LogP contribution in [0.15, 0.2) is 186 Å². The zero-order valence-electron chi connectivity index (χ0n) is 27.7. The molecule has 11 rings (SSSR count). The normalized spacial score (nSPS) is 11.9. The molecule has 0 aliphatic heterocycles. The van der Waals surface area contributed by atoms with Crippen molar-refractivity contribution in [1.82, 2.24) is 0 Å². The highest BCUT2D eigenvalue weighted by molar-refractivity contribution is 6.30. The van der Waals surface area contributed by atoms with Crippen molar-refractivity contribution >= 4 is 75.8 Å². The van der Waals surface area contributed by atoms with E-state index >= 15 is 0 Å². The number of rotatable bonds is 3. The molecule has 1 nitrogen and oxygen atoms in total. The summed E-state index contributed by atoms with van der Waals surface area (Å²) in [4.78, 5) is 0. The van der Waals surface area contributed by atoms with Crippen molar-refractivity contribution in [3.05, 3.63) is 182 Å². The van der Waals surface area contributed by atoms with Crippen LogP contribution in [0.2, 0.25) is 0 Å². The predicted molar refractivity (Wildman–Crippen MR) is 218 cm³/mol. The second-order valence-corrected chi connectivity index (χ2v) is 13.5. The first-order valence-electron chi connectivity index (χ1n) is 17.6. The second kappa shape index (κ2) is 10.9. The molecule has 236 valence electrons. The highest BCUT2D eigenvalue weighted by Gasteiger charge is 2.23. The summed E-state index contributed by atoms with van der Waals surface area (Å²) in [6.07, 6.45) is 0. The lowest BCUT2D eigenvalue weighted by Gasteiger charge is -2.19. The van der Waals surface area contributed by atoms with Gasteiger partial charge in [-0.15, -0.1) is 0 Å². The minimum atomic E-state index is 0.896. The van der Waals surface area contributed by atoms with E-state index in [4.69, 9.17) is 4.42 Å². The van der Waals surface area contributed by atoms with Gasteiger partial charge in [-0.3, -0.25) is 0 Å². The van der Waals surface area contributed by atoms with Gasteiger partial charge in [-0.05, 0) is 93.8 Å². The van der Waals surface area contributed by atoms with E-state index in [1.807, 2.05) is 0 Å². The molecule has 0 fully saturated rings. The summed E-state index contributed by atoms with van der Waals surface area (Å²) in [5, 5.41) is 14.7. The average Bonchev–Trinajstić information content (AvgIpc) is 3.57. The van der Waals surface area contributed by atoms with Crippen LogP contribution < -0.4 is 0 Å². The summed E-state index contributed by atoms with van der Waals surface area (Å²) in [6, 6.07) is 66.2. The first-order valence-corrected chi connectivity index (χ1v) is 17.6. The van der Waals surface area contributed by atoms with E-state index in [0.717, 1.165) is 21.9 Å². The Balaban J connectivity index is 1.30. The molecule has 1 heteroatoms. The summed E-state index contributed by atoms with van der Waals surface area (Å²) < 4.78 is 6.79. The molecule has 1 aromatic heterocycles. The maximum atomic E-state index is 6.79. The Labute approximate surface area is 294 Å². The Morgan fingerprint density at radius 3 is 1.55 bits per heavy atom. The van der Waals surface area contributed by atoms with Crippen molar-refractivity contribution in [1.29, 1.82) is 0 Å². The van der Waals surface area contributed by atoms with Gasteiger partial charge in [0, 0.05) is 16.3 Å². The molecule has 0 aliphatic carbocycles. The molecular weight excluding hydrogens is 617 g/mol. The van der Waals surface area contributed by atoms with Gasteiger partial charge in [0.2, 0.25) is 0 Å². The first-order chi connectivity index (χ1) is 25.3. The number of fused-ring (bicyclic) bond motifs is 9. The van der Waals surface area contributed by atoms with Gasteiger partial charge in [0.05, 0.1) is 0 Å². The fourth-order valence-electron chi connectivity index (χ4n) is 8.72. The van der Waals surface area contributed by atoms with Gasteiger partial charge in [0.15, 0.2) is 0 Å². The molecule has 0 spiro atoms. The topological polar surface area (TPSA) is 13.1 Å². The lowest BCUT2D eigenvalue weighted by atomic mass is 9.83. The Bertz CT molecular complexity index is 3130. The SMILES string of the molecule is c1ccc(-c2c3ccccc3cc3oc4cccc(-c5c6ccccc6c(-c6cccc7c6ccc6ccccc67)c6ccccc56)c4c23)cc1. The minimum absolute atomic E-state index is 0.896. The molecule has 0 aliphatic rings. The van der Waals surface area contributed by atoms with E-state index in [1.54, 1.807) is 0 Å². The van der Waals surface area contributed by atoms with Crippen molar-refractivity contribution in [3.8, 4) is 33.4 Å². The van der Waals surface area contributed by atoms with Crippen molar-refractivity contribution in [3.63, 3.8) is 0 Å². The molecule has 0 saturated carbocycles. The summed E-state index contributed by atoms with van der Waals surface area (Å²) in [7, 11) is 0. The molecule has 51 heavy (non-hydrogen) atoms. The van der Waals surface area contributed by atoms with Crippen molar-refractivity contribution in [2.45, 2.75) is 0 Å². The average molecular weight is 647 g/mol. The van der Waals surface area contributed by atoms with E-state index in [1.165, 1.54) is 87.2 Å². The van der Waals surface area contributed by atoms with E-state index in [0.29, 0.717) is 0 Å². The molecule has 0 atom stereocenters. The third-order valence-electron chi connectivity index (χ3n) is 10.8. The molecule has 1 heterocycles. The summed E-state index contributed by atoms with van der Waals surface area (Å²) >= 11 is 0. The summed E-state index contributed by atoms with van der Waals surface area (Å²) in [6.45, 7) is 0. The summed E-state index contributed by atoms with van der Waals surface area (Å²) in [5.74, 6) is 0. The monoisotopic (exact) mass is 646 g/mol. The fourth-order valence-corrected chi connectivity index (χ4v) is 8.72. The number of furan rings is 1. The van der Waals surface area contributed by atoms with E-state index in [-0.39, 0.29) is 0 Å². The van der Waals surface area contributed by atoms with Crippen molar-refractivity contribution in [2.75, 3.05) is 0 Å².